The SMILES string of the molecule is CO[C@@]1(COc2ccc(C)cc2)CCN(C(=O)Cc2ccccn2)C1. The lowest BCUT2D eigenvalue weighted by atomic mass is 10.0. The first-order chi connectivity index (χ1) is 12.1. The molecule has 132 valence electrons. The lowest BCUT2D eigenvalue weighted by molar-refractivity contribution is -0.131. The number of hydrogen-bond acceptors (Lipinski definition) is 4. The van der Waals surface area contributed by atoms with Gasteiger partial charge in [-0.05, 0) is 37.6 Å². The van der Waals surface area contributed by atoms with Gasteiger partial charge in [0.25, 0.3) is 0 Å². The molecule has 0 N–H and O–H groups in total. The molecule has 1 aliphatic heterocycles. The molecule has 2 aromatic rings. The van der Waals surface area contributed by atoms with E-state index in [1.54, 1.807) is 13.3 Å². The Morgan fingerprint density at radius 1 is 1.24 bits per heavy atom. The molecule has 25 heavy (non-hydrogen) atoms. The minimum absolute atomic E-state index is 0.0768. The van der Waals surface area contributed by atoms with Gasteiger partial charge in [-0.3, -0.25) is 9.78 Å². The van der Waals surface area contributed by atoms with Gasteiger partial charge in [-0.1, -0.05) is 23.8 Å². The van der Waals surface area contributed by atoms with Gasteiger partial charge in [-0.2, -0.15) is 0 Å². The highest BCUT2D eigenvalue weighted by molar-refractivity contribution is 5.78. The minimum Gasteiger partial charge on any atom is -0.491 e. The van der Waals surface area contributed by atoms with Crippen molar-refractivity contribution in [1.29, 1.82) is 0 Å². The molecule has 2 heterocycles. The number of rotatable bonds is 6. The van der Waals surface area contributed by atoms with Gasteiger partial charge in [0.15, 0.2) is 0 Å². The molecule has 5 nitrogen and oxygen atoms in total. The van der Waals surface area contributed by atoms with Crippen LogP contribution in [0, 0.1) is 6.92 Å². The van der Waals surface area contributed by atoms with Gasteiger partial charge in [-0.15, -0.1) is 0 Å². The number of likely N-dealkylation sites (tertiary alicyclic amines) is 1. The van der Waals surface area contributed by atoms with E-state index < -0.39 is 5.60 Å². The average Bonchev–Trinajstić information content (AvgIpc) is 3.07. The van der Waals surface area contributed by atoms with Crippen LogP contribution in [0.25, 0.3) is 0 Å². The molecule has 0 bridgehead atoms. The number of carbonyl (C=O) groups is 1. The van der Waals surface area contributed by atoms with Crippen LogP contribution in [0.1, 0.15) is 17.7 Å². The van der Waals surface area contributed by atoms with Crippen LogP contribution in [0.2, 0.25) is 0 Å². The summed E-state index contributed by atoms with van der Waals surface area (Å²) < 4.78 is 11.7. The van der Waals surface area contributed by atoms with Crippen LogP contribution >= 0.6 is 0 Å². The van der Waals surface area contributed by atoms with Gasteiger partial charge >= 0.3 is 0 Å². The Morgan fingerprint density at radius 2 is 2.04 bits per heavy atom. The summed E-state index contributed by atoms with van der Waals surface area (Å²) in [7, 11) is 1.69. The highest BCUT2D eigenvalue weighted by Gasteiger charge is 2.41. The molecule has 1 aliphatic rings. The summed E-state index contributed by atoms with van der Waals surface area (Å²) in [4.78, 5) is 18.6. The fourth-order valence-corrected chi connectivity index (χ4v) is 3.02. The van der Waals surface area contributed by atoms with E-state index in [0.717, 1.165) is 17.9 Å². The van der Waals surface area contributed by atoms with Crippen molar-refractivity contribution in [1.82, 2.24) is 9.88 Å². The van der Waals surface area contributed by atoms with Gasteiger partial charge in [-0.25, -0.2) is 0 Å². The Bertz CT molecular complexity index is 703. The Morgan fingerprint density at radius 3 is 2.72 bits per heavy atom. The highest BCUT2D eigenvalue weighted by Crippen LogP contribution is 2.27. The van der Waals surface area contributed by atoms with E-state index in [2.05, 4.69) is 4.98 Å². The van der Waals surface area contributed by atoms with E-state index in [1.807, 2.05) is 54.3 Å². The zero-order valence-corrected chi connectivity index (χ0v) is 14.8. The van der Waals surface area contributed by atoms with Crippen LogP contribution in [0.15, 0.2) is 48.7 Å². The second-order valence-corrected chi connectivity index (χ2v) is 6.55. The van der Waals surface area contributed by atoms with E-state index >= 15 is 0 Å². The van der Waals surface area contributed by atoms with Crippen LogP contribution in [-0.4, -0.2) is 48.2 Å². The topological polar surface area (TPSA) is 51.7 Å². The normalized spacial score (nSPS) is 19.8. The molecule has 0 aliphatic carbocycles. The van der Waals surface area contributed by atoms with Crippen molar-refractivity contribution in [3.05, 3.63) is 59.9 Å². The van der Waals surface area contributed by atoms with Crippen molar-refractivity contribution in [2.24, 2.45) is 0 Å². The fraction of sp³-hybridized carbons (Fsp3) is 0.400. The number of carbonyl (C=O) groups excluding carboxylic acids is 1. The number of hydrogen-bond donors (Lipinski definition) is 0. The summed E-state index contributed by atoms with van der Waals surface area (Å²) in [5, 5.41) is 0. The van der Waals surface area contributed by atoms with Gasteiger partial charge < -0.3 is 14.4 Å². The van der Waals surface area contributed by atoms with Crippen molar-refractivity contribution in [2.45, 2.75) is 25.4 Å². The molecule has 3 rings (SSSR count). The van der Waals surface area contributed by atoms with E-state index in [-0.39, 0.29) is 5.91 Å². The number of nitrogens with zero attached hydrogens (tertiary/aromatic N) is 2. The summed E-state index contributed by atoms with van der Waals surface area (Å²) in [5.41, 5.74) is 1.53. The zero-order chi connectivity index (χ0) is 17.7. The Balaban J connectivity index is 1.58. The predicted octanol–water partition coefficient (Wildman–Crippen LogP) is 2.63. The Kier molecular flexibility index (Phi) is 5.34. The van der Waals surface area contributed by atoms with E-state index in [9.17, 15) is 4.79 Å². The maximum atomic E-state index is 12.5. The molecule has 1 saturated heterocycles. The first-order valence-electron chi connectivity index (χ1n) is 8.52. The quantitative estimate of drug-likeness (QED) is 0.811. The fourth-order valence-electron chi connectivity index (χ4n) is 3.02. The largest absolute Gasteiger partial charge is 0.491 e. The molecule has 0 saturated carbocycles. The van der Waals surface area contributed by atoms with Gasteiger partial charge in [0.1, 0.15) is 18.0 Å². The van der Waals surface area contributed by atoms with E-state index in [1.165, 1.54) is 5.56 Å². The lowest BCUT2D eigenvalue weighted by Gasteiger charge is -2.28. The van der Waals surface area contributed by atoms with Crippen LogP contribution in [0.3, 0.4) is 0 Å². The van der Waals surface area contributed by atoms with Crippen molar-refractivity contribution >= 4 is 5.91 Å². The number of aryl methyl sites for hydroxylation is 1. The van der Waals surface area contributed by atoms with E-state index in [0.29, 0.717) is 26.1 Å². The number of aromatic nitrogens is 1. The summed E-state index contributed by atoms with van der Waals surface area (Å²) >= 11 is 0. The molecule has 1 amide bonds. The molecular formula is C20H24N2O3. The molecule has 1 atom stereocenters. The average molecular weight is 340 g/mol. The van der Waals surface area contributed by atoms with Crippen LogP contribution in [0.5, 0.6) is 5.75 Å². The zero-order valence-electron chi connectivity index (χ0n) is 14.8. The summed E-state index contributed by atoms with van der Waals surface area (Å²) in [6, 6.07) is 13.6. The third kappa shape index (κ3) is 4.37. The molecule has 0 radical (unpaired) electrons. The highest BCUT2D eigenvalue weighted by atomic mass is 16.5. The summed E-state index contributed by atoms with van der Waals surface area (Å²) in [5.74, 6) is 0.897. The van der Waals surface area contributed by atoms with Crippen molar-refractivity contribution in [2.75, 3.05) is 26.8 Å². The molecule has 0 spiro atoms. The smallest absolute Gasteiger partial charge is 0.228 e. The molecular weight excluding hydrogens is 316 g/mol. The number of benzene rings is 1. The monoisotopic (exact) mass is 340 g/mol. The van der Waals surface area contributed by atoms with Gasteiger partial charge in [0.05, 0.1) is 13.0 Å². The molecule has 1 aromatic carbocycles. The molecule has 5 heteroatoms. The van der Waals surface area contributed by atoms with Crippen molar-refractivity contribution < 1.29 is 14.3 Å². The third-order valence-corrected chi connectivity index (χ3v) is 4.68. The van der Waals surface area contributed by atoms with Crippen LogP contribution < -0.4 is 4.74 Å². The number of methoxy groups -OCH3 is 1. The lowest BCUT2D eigenvalue weighted by Crippen LogP contribution is -2.42. The van der Waals surface area contributed by atoms with Gasteiger partial charge in [0.2, 0.25) is 5.91 Å². The second-order valence-electron chi connectivity index (χ2n) is 6.55. The predicted molar refractivity (Wildman–Crippen MR) is 95.6 cm³/mol. The van der Waals surface area contributed by atoms with Crippen LogP contribution in [-0.2, 0) is 16.0 Å². The van der Waals surface area contributed by atoms with Crippen molar-refractivity contribution in [3.8, 4) is 5.75 Å². The standard InChI is InChI=1S/C20H24N2O3/c1-16-6-8-18(9-7-16)25-15-20(24-2)10-12-22(14-20)19(23)13-17-5-3-4-11-21-17/h3-9,11H,10,12-15H2,1-2H3/t20-/m0/s1. The van der Waals surface area contributed by atoms with Crippen LogP contribution in [0.4, 0.5) is 0 Å². The summed E-state index contributed by atoms with van der Waals surface area (Å²) in [6.07, 6.45) is 2.80. The number of pyridine rings is 1. The third-order valence-electron chi connectivity index (χ3n) is 4.68. The first-order valence-corrected chi connectivity index (χ1v) is 8.52. The summed E-state index contributed by atoms with van der Waals surface area (Å²) in [6.45, 7) is 3.69. The molecule has 1 fully saturated rings. The van der Waals surface area contributed by atoms with E-state index in [4.69, 9.17) is 9.47 Å². The Hall–Kier alpha value is -2.40. The number of ether oxygens (including phenoxy) is 2. The minimum atomic E-state index is -0.454. The van der Waals surface area contributed by atoms with Crippen molar-refractivity contribution in [3.63, 3.8) is 0 Å². The maximum Gasteiger partial charge on any atom is 0.228 e. The molecule has 1 aromatic heterocycles. The Labute approximate surface area is 148 Å². The second kappa shape index (κ2) is 7.66. The van der Waals surface area contributed by atoms with Gasteiger partial charge in [0, 0.05) is 25.5 Å². The first kappa shape index (κ1) is 17.4. The maximum absolute atomic E-state index is 12.5. The molecule has 0 unspecified atom stereocenters. The number of amides is 1.